The van der Waals surface area contributed by atoms with Crippen molar-refractivity contribution in [2.75, 3.05) is 6.61 Å². The molecule has 0 unspecified atom stereocenters. The minimum absolute atomic E-state index is 0.0870. The van der Waals surface area contributed by atoms with Gasteiger partial charge in [-0.3, -0.25) is 14.2 Å². The molecule has 1 aliphatic rings. The van der Waals surface area contributed by atoms with Crippen LogP contribution >= 0.6 is 11.3 Å². The van der Waals surface area contributed by atoms with E-state index in [1.165, 1.54) is 11.3 Å². The molecule has 0 radical (unpaired) electrons. The number of ketones is 1. The molecular formula is C24H26N2O4S. The lowest BCUT2D eigenvalue weighted by atomic mass is 10.0. The maximum atomic E-state index is 13.0. The molecule has 4 rings (SSSR count). The lowest BCUT2D eigenvalue weighted by Gasteiger charge is -2.08. The third-order valence-electron chi connectivity index (χ3n) is 5.83. The number of hydrogen-bond acceptors (Lipinski definition) is 6. The molecule has 162 valence electrons. The van der Waals surface area contributed by atoms with E-state index in [2.05, 4.69) is 18.8 Å². The summed E-state index contributed by atoms with van der Waals surface area (Å²) in [6, 6.07) is 7.35. The van der Waals surface area contributed by atoms with Crippen LogP contribution in [0.3, 0.4) is 0 Å². The van der Waals surface area contributed by atoms with Gasteiger partial charge in [0.25, 0.3) is 5.56 Å². The highest BCUT2D eigenvalue weighted by molar-refractivity contribution is 7.20. The minimum atomic E-state index is -0.591. The fourth-order valence-corrected chi connectivity index (χ4v) is 5.02. The Hall–Kier alpha value is -2.80. The van der Waals surface area contributed by atoms with Crippen molar-refractivity contribution in [3.63, 3.8) is 0 Å². The number of carbonyl (C=O) groups excluding carboxylic acids is 2. The van der Waals surface area contributed by atoms with Crippen molar-refractivity contribution in [1.29, 1.82) is 0 Å². The summed E-state index contributed by atoms with van der Waals surface area (Å²) in [5.41, 5.74) is 2.15. The highest BCUT2D eigenvalue weighted by atomic mass is 32.1. The van der Waals surface area contributed by atoms with Crippen LogP contribution in [0.5, 0.6) is 0 Å². The Bertz CT molecular complexity index is 1210. The number of benzene rings is 1. The first-order valence-electron chi connectivity index (χ1n) is 10.7. The summed E-state index contributed by atoms with van der Waals surface area (Å²) in [6.07, 6.45) is 3.82. The normalized spacial score (nSPS) is 13.8. The summed E-state index contributed by atoms with van der Waals surface area (Å²) in [6.45, 7) is 6.25. The molecule has 6 nitrogen and oxygen atoms in total. The molecular weight excluding hydrogens is 412 g/mol. The molecule has 1 aliphatic heterocycles. The maximum Gasteiger partial charge on any atom is 0.349 e. The van der Waals surface area contributed by atoms with E-state index in [9.17, 15) is 14.4 Å². The number of fused-ring (bicyclic) bond motifs is 2. The van der Waals surface area contributed by atoms with Crippen molar-refractivity contribution in [3.8, 4) is 0 Å². The van der Waals surface area contributed by atoms with Crippen LogP contribution in [0.2, 0.25) is 0 Å². The maximum absolute atomic E-state index is 13.0. The van der Waals surface area contributed by atoms with Crippen LogP contribution in [0.4, 0.5) is 0 Å². The molecule has 0 bridgehead atoms. The van der Waals surface area contributed by atoms with E-state index in [4.69, 9.17) is 4.74 Å². The molecule has 2 aromatic heterocycles. The lowest BCUT2D eigenvalue weighted by Crippen LogP contribution is -2.24. The van der Waals surface area contributed by atoms with Gasteiger partial charge in [-0.05, 0) is 36.8 Å². The predicted molar refractivity (Wildman–Crippen MR) is 121 cm³/mol. The van der Waals surface area contributed by atoms with Crippen LogP contribution in [-0.4, -0.2) is 27.9 Å². The number of nitrogens with zero attached hydrogens (tertiary/aromatic N) is 2. The van der Waals surface area contributed by atoms with E-state index in [0.29, 0.717) is 38.7 Å². The zero-order chi connectivity index (χ0) is 22.1. The second kappa shape index (κ2) is 8.75. The van der Waals surface area contributed by atoms with Crippen molar-refractivity contribution in [1.82, 2.24) is 9.55 Å². The van der Waals surface area contributed by atoms with E-state index in [1.54, 1.807) is 23.6 Å². The molecule has 0 aliphatic carbocycles. The van der Waals surface area contributed by atoms with E-state index >= 15 is 0 Å². The van der Waals surface area contributed by atoms with Gasteiger partial charge in [-0.15, -0.1) is 11.3 Å². The summed E-state index contributed by atoms with van der Waals surface area (Å²) in [5.74, 6) is 0.321. The standard InChI is InChI=1S/C24H26N2O4S/c1-14(2)16-8-10-17(11-9-16)18(27)13-30-24(29)21-15(3)20-22(31-21)25-19-7-5-4-6-12-26(19)23(20)28/h8-11,14H,4-7,12-13H2,1-3H3. The average molecular weight is 439 g/mol. The lowest BCUT2D eigenvalue weighted by molar-refractivity contribution is 0.0479. The monoisotopic (exact) mass is 438 g/mol. The molecule has 0 saturated carbocycles. The van der Waals surface area contributed by atoms with Gasteiger partial charge in [-0.1, -0.05) is 44.5 Å². The fraction of sp³-hybridized carbons (Fsp3) is 0.417. The third-order valence-corrected chi connectivity index (χ3v) is 7.00. The Morgan fingerprint density at radius 1 is 1.16 bits per heavy atom. The van der Waals surface area contributed by atoms with Gasteiger partial charge in [0.15, 0.2) is 12.4 Å². The molecule has 0 N–H and O–H groups in total. The Kier molecular flexibility index (Phi) is 6.05. The summed E-state index contributed by atoms with van der Waals surface area (Å²) < 4.78 is 7.05. The Labute approximate surface area is 184 Å². The second-order valence-electron chi connectivity index (χ2n) is 8.31. The van der Waals surface area contributed by atoms with Gasteiger partial charge in [0.1, 0.15) is 15.5 Å². The molecule has 0 fully saturated rings. The molecule has 7 heteroatoms. The first-order chi connectivity index (χ1) is 14.9. The fourth-order valence-electron chi connectivity index (χ4n) is 3.94. The number of Topliss-reactive ketones (excluding diaryl/α,β-unsaturated/α-hetero) is 1. The molecule has 0 atom stereocenters. The summed E-state index contributed by atoms with van der Waals surface area (Å²) in [5, 5.41) is 0.484. The summed E-state index contributed by atoms with van der Waals surface area (Å²) >= 11 is 1.17. The van der Waals surface area contributed by atoms with E-state index in [1.807, 2.05) is 12.1 Å². The van der Waals surface area contributed by atoms with Gasteiger partial charge in [-0.25, -0.2) is 9.78 Å². The first kappa shape index (κ1) is 21.4. The number of ether oxygens (including phenoxy) is 1. The number of thiophene rings is 1. The van der Waals surface area contributed by atoms with E-state index in [0.717, 1.165) is 37.1 Å². The Morgan fingerprint density at radius 3 is 2.61 bits per heavy atom. The van der Waals surface area contributed by atoms with Gasteiger partial charge in [0, 0.05) is 18.5 Å². The van der Waals surface area contributed by atoms with Gasteiger partial charge in [0.2, 0.25) is 0 Å². The zero-order valence-corrected chi connectivity index (χ0v) is 18.9. The van der Waals surface area contributed by atoms with Crippen molar-refractivity contribution in [2.45, 2.75) is 58.9 Å². The first-order valence-corrected chi connectivity index (χ1v) is 11.5. The number of hydrogen-bond donors (Lipinski definition) is 0. The zero-order valence-electron chi connectivity index (χ0n) is 18.1. The van der Waals surface area contributed by atoms with E-state index in [-0.39, 0.29) is 17.9 Å². The van der Waals surface area contributed by atoms with Gasteiger partial charge < -0.3 is 4.74 Å². The van der Waals surface area contributed by atoms with Crippen LogP contribution in [0.15, 0.2) is 29.1 Å². The molecule has 3 heterocycles. The summed E-state index contributed by atoms with van der Waals surface area (Å²) in [4.78, 5) is 43.8. The number of aryl methyl sites for hydroxylation is 2. The van der Waals surface area contributed by atoms with Crippen molar-refractivity contribution in [2.24, 2.45) is 0 Å². The number of rotatable bonds is 5. The van der Waals surface area contributed by atoms with Gasteiger partial charge in [0.05, 0.1) is 5.39 Å². The molecule has 0 saturated heterocycles. The molecule has 31 heavy (non-hydrogen) atoms. The third kappa shape index (κ3) is 4.19. The van der Waals surface area contributed by atoms with Crippen LogP contribution in [0.1, 0.15) is 76.0 Å². The minimum Gasteiger partial charge on any atom is -0.453 e. The number of aromatic nitrogens is 2. The number of carbonyl (C=O) groups is 2. The largest absolute Gasteiger partial charge is 0.453 e. The second-order valence-corrected chi connectivity index (χ2v) is 9.31. The smallest absolute Gasteiger partial charge is 0.349 e. The molecule has 3 aromatic rings. The van der Waals surface area contributed by atoms with Crippen molar-refractivity contribution >= 4 is 33.3 Å². The molecule has 1 aromatic carbocycles. The SMILES string of the molecule is Cc1c(C(=O)OCC(=O)c2ccc(C(C)C)cc2)sc2nc3n(c(=O)c12)CCCCC3. The van der Waals surface area contributed by atoms with Gasteiger partial charge in [-0.2, -0.15) is 0 Å². The van der Waals surface area contributed by atoms with Crippen LogP contribution in [-0.2, 0) is 17.7 Å². The van der Waals surface area contributed by atoms with Gasteiger partial charge >= 0.3 is 5.97 Å². The summed E-state index contributed by atoms with van der Waals surface area (Å²) in [7, 11) is 0. The highest BCUT2D eigenvalue weighted by Gasteiger charge is 2.23. The average Bonchev–Trinajstić information content (AvgIpc) is 2.93. The van der Waals surface area contributed by atoms with Crippen LogP contribution in [0.25, 0.3) is 10.2 Å². The van der Waals surface area contributed by atoms with Crippen molar-refractivity contribution < 1.29 is 14.3 Å². The highest BCUT2D eigenvalue weighted by Crippen LogP contribution is 2.29. The molecule has 0 amide bonds. The quantitative estimate of drug-likeness (QED) is 0.428. The van der Waals surface area contributed by atoms with Crippen molar-refractivity contribution in [3.05, 3.63) is 62.0 Å². The predicted octanol–water partition coefficient (Wildman–Crippen LogP) is 4.66. The van der Waals surface area contributed by atoms with Crippen LogP contribution < -0.4 is 5.56 Å². The number of esters is 1. The molecule has 0 spiro atoms. The Balaban J connectivity index is 1.54. The van der Waals surface area contributed by atoms with Crippen LogP contribution in [0, 0.1) is 6.92 Å². The Morgan fingerprint density at radius 2 is 1.90 bits per heavy atom. The van der Waals surface area contributed by atoms with E-state index < -0.39 is 5.97 Å². The topological polar surface area (TPSA) is 78.3 Å².